The number of likely N-dealkylation sites (tertiary alicyclic amines) is 1. The van der Waals surface area contributed by atoms with Gasteiger partial charge in [0.05, 0.1) is 5.41 Å². The highest BCUT2D eigenvalue weighted by molar-refractivity contribution is 6.05. The average Bonchev–Trinajstić information content (AvgIpc) is 2.69. The summed E-state index contributed by atoms with van der Waals surface area (Å²) in [6, 6.07) is 0.479. The Morgan fingerprint density at radius 3 is 2.53 bits per heavy atom. The zero-order valence-corrected chi connectivity index (χ0v) is 12.2. The third kappa shape index (κ3) is 2.83. The fourth-order valence-corrected chi connectivity index (χ4v) is 3.34. The minimum absolute atomic E-state index is 0.0320. The molecule has 0 spiro atoms. The summed E-state index contributed by atoms with van der Waals surface area (Å²) in [5.41, 5.74) is -0.406. The molecule has 0 aliphatic carbocycles. The molecule has 1 N–H and O–H groups in total. The molecule has 1 atom stereocenters. The quantitative estimate of drug-likeness (QED) is 0.775. The lowest BCUT2D eigenvalue weighted by Gasteiger charge is -2.27. The van der Waals surface area contributed by atoms with Crippen LogP contribution in [0, 0.1) is 5.41 Å². The Balaban J connectivity index is 1.93. The SMILES string of the molecule is CCC1(CC)CC(=O)N(CCC2CCCCN2)C1=O. The van der Waals surface area contributed by atoms with Gasteiger partial charge in [0, 0.05) is 19.0 Å². The fourth-order valence-electron chi connectivity index (χ4n) is 3.34. The molecule has 2 saturated heterocycles. The summed E-state index contributed by atoms with van der Waals surface area (Å²) in [6.07, 6.45) is 6.53. The van der Waals surface area contributed by atoms with Crippen molar-refractivity contribution in [1.82, 2.24) is 10.2 Å². The second-order valence-electron chi connectivity index (χ2n) is 5.95. The lowest BCUT2D eigenvalue weighted by Crippen LogP contribution is -2.40. The van der Waals surface area contributed by atoms with Crippen molar-refractivity contribution in [2.45, 2.75) is 64.8 Å². The van der Waals surface area contributed by atoms with Crippen molar-refractivity contribution in [3.8, 4) is 0 Å². The van der Waals surface area contributed by atoms with E-state index < -0.39 is 5.41 Å². The highest BCUT2D eigenvalue weighted by atomic mass is 16.2. The van der Waals surface area contributed by atoms with Gasteiger partial charge in [0.25, 0.3) is 0 Å². The van der Waals surface area contributed by atoms with Crippen LogP contribution in [0.4, 0.5) is 0 Å². The van der Waals surface area contributed by atoms with Gasteiger partial charge in [-0.2, -0.15) is 0 Å². The van der Waals surface area contributed by atoms with Gasteiger partial charge in [0.15, 0.2) is 0 Å². The Hall–Kier alpha value is -0.900. The highest BCUT2D eigenvalue weighted by Crippen LogP contribution is 2.39. The van der Waals surface area contributed by atoms with E-state index in [-0.39, 0.29) is 11.8 Å². The third-order valence-electron chi connectivity index (χ3n) is 4.96. The molecule has 0 saturated carbocycles. The Morgan fingerprint density at radius 1 is 1.26 bits per heavy atom. The zero-order valence-electron chi connectivity index (χ0n) is 12.2. The van der Waals surface area contributed by atoms with Crippen LogP contribution in [-0.2, 0) is 9.59 Å². The Kier molecular flexibility index (Phi) is 4.61. The minimum Gasteiger partial charge on any atom is -0.314 e. The van der Waals surface area contributed by atoms with Gasteiger partial charge < -0.3 is 5.32 Å². The van der Waals surface area contributed by atoms with Crippen LogP contribution >= 0.6 is 0 Å². The summed E-state index contributed by atoms with van der Waals surface area (Å²) in [6.45, 7) is 5.69. The first-order valence-corrected chi connectivity index (χ1v) is 7.71. The van der Waals surface area contributed by atoms with Crippen molar-refractivity contribution < 1.29 is 9.59 Å². The third-order valence-corrected chi connectivity index (χ3v) is 4.96. The molecule has 4 heteroatoms. The Labute approximate surface area is 115 Å². The van der Waals surface area contributed by atoms with Crippen LogP contribution in [-0.4, -0.2) is 35.8 Å². The summed E-state index contributed by atoms with van der Waals surface area (Å²) in [5.74, 6) is 0.0998. The summed E-state index contributed by atoms with van der Waals surface area (Å²) < 4.78 is 0. The summed E-state index contributed by atoms with van der Waals surface area (Å²) >= 11 is 0. The first-order chi connectivity index (χ1) is 9.13. The molecule has 2 fully saturated rings. The van der Waals surface area contributed by atoms with Crippen molar-refractivity contribution in [1.29, 1.82) is 0 Å². The smallest absolute Gasteiger partial charge is 0.235 e. The van der Waals surface area contributed by atoms with E-state index in [4.69, 9.17) is 0 Å². The van der Waals surface area contributed by atoms with Crippen molar-refractivity contribution in [3.05, 3.63) is 0 Å². The molecule has 2 rings (SSSR count). The van der Waals surface area contributed by atoms with Crippen molar-refractivity contribution in [2.24, 2.45) is 5.41 Å². The molecule has 2 aliphatic rings. The normalized spacial score (nSPS) is 27.1. The molecule has 0 bridgehead atoms. The predicted octanol–water partition coefficient (Wildman–Crippen LogP) is 2.08. The zero-order chi connectivity index (χ0) is 13.9. The molecule has 0 aromatic heterocycles. The molecule has 0 aromatic carbocycles. The van der Waals surface area contributed by atoms with Gasteiger partial charge in [-0.15, -0.1) is 0 Å². The number of nitrogens with zero attached hydrogens (tertiary/aromatic N) is 1. The first kappa shape index (κ1) is 14.5. The molecule has 2 aliphatic heterocycles. The number of hydrogen-bond donors (Lipinski definition) is 1. The van der Waals surface area contributed by atoms with Crippen LogP contribution in [0.5, 0.6) is 0 Å². The van der Waals surface area contributed by atoms with Crippen molar-refractivity contribution >= 4 is 11.8 Å². The Bertz CT molecular complexity index is 344. The number of rotatable bonds is 5. The standard InChI is InChI=1S/C15H26N2O2/c1-3-15(4-2)11-13(18)17(14(15)19)10-8-12-7-5-6-9-16-12/h12,16H,3-11H2,1-2H3. The van der Waals surface area contributed by atoms with Crippen LogP contribution in [0.2, 0.25) is 0 Å². The minimum atomic E-state index is -0.406. The van der Waals surface area contributed by atoms with Gasteiger partial charge in [-0.05, 0) is 38.6 Å². The van der Waals surface area contributed by atoms with Gasteiger partial charge in [-0.1, -0.05) is 20.3 Å². The van der Waals surface area contributed by atoms with E-state index >= 15 is 0 Å². The van der Waals surface area contributed by atoms with E-state index in [1.54, 1.807) is 0 Å². The lowest BCUT2D eigenvalue weighted by molar-refractivity contribution is -0.141. The molecule has 2 heterocycles. The van der Waals surface area contributed by atoms with Gasteiger partial charge in [0.2, 0.25) is 11.8 Å². The van der Waals surface area contributed by atoms with Crippen molar-refractivity contribution in [2.75, 3.05) is 13.1 Å². The van der Waals surface area contributed by atoms with E-state index in [9.17, 15) is 9.59 Å². The average molecular weight is 266 g/mol. The second kappa shape index (κ2) is 6.04. The van der Waals surface area contributed by atoms with Crippen LogP contribution in [0.1, 0.15) is 58.8 Å². The maximum absolute atomic E-state index is 12.5. The molecule has 19 heavy (non-hydrogen) atoms. The summed E-state index contributed by atoms with van der Waals surface area (Å²) in [5, 5.41) is 3.47. The summed E-state index contributed by atoms with van der Waals surface area (Å²) in [7, 11) is 0. The molecule has 0 aromatic rings. The van der Waals surface area contributed by atoms with Gasteiger partial charge in [-0.25, -0.2) is 0 Å². The molecular weight excluding hydrogens is 240 g/mol. The molecule has 2 amide bonds. The molecule has 4 nitrogen and oxygen atoms in total. The van der Waals surface area contributed by atoms with E-state index in [0.29, 0.717) is 19.0 Å². The summed E-state index contributed by atoms with van der Waals surface area (Å²) in [4.78, 5) is 26.1. The number of amides is 2. The topological polar surface area (TPSA) is 49.4 Å². The maximum atomic E-state index is 12.5. The number of carbonyl (C=O) groups is 2. The largest absolute Gasteiger partial charge is 0.314 e. The van der Waals surface area contributed by atoms with Crippen molar-refractivity contribution in [3.63, 3.8) is 0 Å². The number of carbonyl (C=O) groups excluding carboxylic acids is 2. The monoisotopic (exact) mass is 266 g/mol. The van der Waals surface area contributed by atoms with E-state index in [1.807, 2.05) is 13.8 Å². The van der Waals surface area contributed by atoms with Crippen LogP contribution in [0.25, 0.3) is 0 Å². The molecule has 0 radical (unpaired) electrons. The van der Waals surface area contributed by atoms with Crippen LogP contribution in [0.3, 0.4) is 0 Å². The van der Waals surface area contributed by atoms with E-state index in [1.165, 1.54) is 24.2 Å². The number of piperidine rings is 1. The first-order valence-electron chi connectivity index (χ1n) is 7.71. The number of imide groups is 1. The van der Waals surface area contributed by atoms with E-state index in [0.717, 1.165) is 25.8 Å². The van der Waals surface area contributed by atoms with Crippen LogP contribution < -0.4 is 5.32 Å². The molecular formula is C15H26N2O2. The van der Waals surface area contributed by atoms with Crippen LogP contribution in [0.15, 0.2) is 0 Å². The van der Waals surface area contributed by atoms with E-state index in [2.05, 4.69) is 5.32 Å². The fraction of sp³-hybridized carbons (Fsp3) is 0.867. The highest BCUT2D eigenvalue weighted by Gasteiger charge is 2.48. The molecule has 1 unspecified atom stereocenters. The second-order valence-corrected chi connectivity index (χ2v) is 5.95. The maximum Gasteiger partial charge on any atom is 0.235 e. The lowest BCUT2D eigenvalue weighted by atomic mass is 9.81. The Morgan fingerprint density at radius 2 is 2.00 bits per heavy atom. The molecule has 108 valence electrons. The number of nitrogens with one attached hydrogen (secondary N) is 1. The van der Waals surface area contributed by atoms with Gasteiger partial charge >= 0.3 is 0 Å². The van der Waals surface area contributed by atoms with Gasteiger partial charge in [-0.3, -0.25) is 14.5 Å². The predicted molar refractivity (Wildman–Crippen MR) is 74.6 cm³/mol. The van der Waals surface area contributed by atoms with Gasteiger partial charge in [0.1, 0.15) is 0 Å². The number of hydrogen-bond acceptors (Lipinski definition) is 3.